The molecule has 238 valence electrons. The number of esters is 2. The largest absolute Gasteiger partial charge is 0.462 e. The van der Waals surface area contributed by atoms with E-state index in [1.165, 1.54) is 103 Å². The molecule has 0 saturated heterocycles. The zero-order valence-corrected chi connectivity index (χ0v) is 27.2. The van der Waals surface area contributed by atoms with Gasteiger partial charge >= 0.3 is 11.9 Å². The smallest absolute Gasteiger partial charge is 0.306 e. The van der Waals surface area contributed by atoms with E-state index in [1.807, 2.05) is 0 Å². The molecule has 40 heavy (non-hydrogen) atoms. The van der Waals surface area contributed by atoms with Crippen LogP contribution in [0.4, 0.5) is 0 Å². The van der Waals surface area contributed by atoms with Gasteiger partial charge in [-0.05, 0) is 24.7 Å². The molecule has 0 aromatic rings. The van der Waals surface area contributed by atoms with Gasteiger partial charge in [0.15, 0.2) is 6.10 Å². The third kappa shape index (κ3) is 29.9. The average Bonchev–Trinajstić information content (AvgIpc) is 2.91. The predicted molar refractivity (Wildman–Crippen MR) is 168 cm³/mol. The van der Waals surface area contributed by atoms with Crippen LogP contribution < -0.4 is 0 Å². The summed E-state index contributed by atoms with van der Waals surface area (Å²) in [7, 11) is 0. The minimum absolute atomic E-state index is 0.0601. The fraction of sp³-hybridized carbons (Fsp3) is 0.943. The van der Waals surface area contributed by atoms with Crippen LogP contribution in [0.2, 0.25) is 0 Å². The van der Waals surface area contributed by atoms with Gasteiger partial charge in [0.1, 0.15) is 6.61 Å². The first-order valence-corrected chi connectivity index (χ1v) is 17.3. The molecule has 0 aromatic heterocycles. The first-order valence-electron chi connectivity index (χ1n) is 17.3. The van der Waals surface area contributed by atoms with Crippen molar-refractivity contribution in [3.05, 3.63) is 0 Å². The van der Waals surface area contributed by atoms with Gasteiger partial charge < -0.3 is 14.6 Å². The van der Waals surface area contributed by atoms with Crippen LogP contribution in [0.5, 0.6) is 0 Å². The Labute approximate surface area is 248 Å². The molecule has 0 aromatic carbocycles. The number of rotatable bonds is 30. The van der Waals surface area contributed by atoms with Gasteiger partial charge in [-0.25, -0.2) is 0 Å². The van der Waals surface area contributed by atoms with Gasteiger partial charge in [-0.1, -0.05) is 156 Å². The molecule has 1 N–H and O–H groups in total. The van der Waals surface area contributed by atoms with E-state index in [2.05, 4.69) is 27.7 Å². The van der Waals surface area contributed by atoms with E-state index in [9.17, 15) is 14.7 Å². The number of unbranched alkanes of at least 4 members (excludes halogenated alkanes) is 18. The fourth-order valence-electron chi connectivity index (χ4n) is 5.10. The molecule has 0 saturated carbocycles. The second-order valence-electron chi connectivity index (χ2n) is 12.9. The highest BCUT2D eigenvalue weighted by molar-refractivity contribution is 5.70. The highest BCUT2D eigenvalue weighted by Crippen LogP contribution is 2.15. The van der Waals surface area contributed by atoms with Crippen molar-refractivity contribution in [1.82, 2.24) is 0 Å². The topological polar surface area (TPSA) is 72.8 Å². The normalized spacial score (nSPS) is 12.3. The maximum atomic E-state index is 12.1. The lowest BCUT2D eigenvalue weighted by molar-refractivity contribution is -0.161. The Kier molecular flexibility index (Phi) is 28.6. The molecule has 0 aliphatic rings. The van der Waals surface area contributed by atoms with E-state index >= 15 is 0 Å². The van der Waals surface area contributed by atoms with E-state index in [-0.39, 0.29) is 25.2 Å². The Balaban J connectivity index is 3.54. The molecular formula is C35H68O5. The maximum Gasteiger partial charge on any atom is 0.306 e. The number of aliphatic hydroxyl groups is 1. The minimum atomic E-state index is -0.762. The third-order valence-electron chi connectivity index (χ3n) is 7.76. The van der Waals surface area contributed by atoms with Crippen LogP contribution in [0.3, 0.4) is 0 Å². The molecule has 0 heterocycles. The van der Waals surface area contributed by atoms with Crippen molar-refractivity contribution in [2.75, 3.05) is 13.2 Å². The Bertz CT molecular complexity index is 560. The highest BCUT2D eigenvalue weighted by Gasteiger charge is 2.16. The number of hydrogen-bond donors (Lipinski definition) is 1. The fourth-order valence-corrected chi connectivity index (χ4v) is 5.10. The standard InChI is InChI=1S/C35H68O5/c1-31(2)25-21-17-13-9-7-5-6-8-10-16-20-24-28-35(38)40-33(29-36)30-39-34(37)27-23-19-15-12-11-14-18-22-26-32(3)4/h31-33,36H,5-30H2,1-4H3/t33-/m0/s1. The second-order valence-corrected chi connectivity index (χ2v) is 12.9. The molecule has 0 unspecified atom stereocenters. The van der Waals surface area contributed by atoms with E-state index in [0.717, 1.165) is 50.4 Å². The number of carbonyl (C=O) groups is 2. The van der Waals surface area contributed by atoms with E-state index < -0.39 is 6.10 Å². The van der Waals surface area contributed by atoms with Gasteiger partial charge in [0.25, 0.3) is 0 Å². The first-order chi connectivity index (χ1) is 19.3. The van der Waals surface area contributed by atoms with Crippen LogP contribution in [0.25, 0.3) is 0 Å². The SMILES string of the molecule is CC(C)CCCCCCCCCCCCCCC(=O)O[C@@H](CO)COC(=O)CCCCCCCCCCC(C)C. The summed E-state index contributed by atoms with van der Waals surface area (Å²) in [5, 5.41) is 9.50. The quantitative estimate of drug-likeness (QED) is 0.0689. The summed E-state index contributed by atoms with van der Waals surface area (Å²) in [5.74, 6) is 1.06. The highest BCUT2D eigenvalue weighted by atomic mass is 16.6. The molecular weight excluding hydrogens is 500 g/mol. The van der Waals surface area contributed by atoms with Crippen molar-refractivity contribution in [3.8, 4) is 0 Å². The molecule has 0 fully saturated rings. The Hall–Kier alpha value is -1.10. The second kappa shape index (κ2) is 29.4. The lowest BCUT2D eigenvalue weighted by Gasteiger charge is -2.15. The average molecular weight is 569 g/mol. The predicted octanol–water partition coefficient (Wildman–Crippen LogP) is 10.1. The summed E-state index contributed by atoms with van der Waals surface area (Å²) >= 11 is 0. The molecule has 0 aliphatic heterocycles. The third-order valence-corrected chi connectivity index (χ3v) is 7.76. The monoisotopic (exact) mass is 569 g/mol. The van der Waals surface area contributed by atoms with E-state index in [1.54, 1.807) is 0 Å². The van der Waals surface area contributed by atoms with Crippen LogP contribution in [-0.4, -0.2) is 36.4 Å². The van der Waals surface area contributed by atoms with Crippen LogP contribution in [0.1, 0.15) is 182 Å². The molecule has 5 nitrogen and oxygen atoms in total. The molecule has 5 heteroatoms. The minimum Gasteiger partial charge on any atom is -0.462 e. The van der Waals surface area contributed by atoms with Gasteiger partial charge in [0, 0.05) is 12.8 Å². The number of aliphatic hydroxyl groups excluding tert-OH is 1. The summed E-state index contributed by atoms with van der Waals surface area (Å²) in [4.78, 5) is 24.1. The van der Waals surface area contributed by atoms with Crippen molar-refractivity contribution in [3.63, 3.8) is 0 Å². The maximum absolute atomic E-state index is 12.1. The molecule has 1 atom stereocenters. The van der Waals surface area contributed by atoms with Crippen molar-refractivity contribution < 1.29 is 24.2 Å². The van der Waals surface area contributed by atoms with Crippen LogP contribution in [0.15, 0.2) is 0 Å². The molecule has 0 aliphatic carbocycles. The zero-order valence-electron chi connectivity index (χ0n) is 27.2. The van der Waals surface area contributed by atoms with E-state index in [4.69, 9.17) is 9.47 Å². The van der Waals surface area contributed by atoms with E-state index in [0.29, 0.717) is 12.8 Å². The van der Waals surface area contributed by atoms with Crippen LogP contribution >= 0.6 is 0 Å². The summed E-state index contributed by atoms with van der Waals surface area (Å²) in [6.45, 7) is 8.79. The first kappa shape index (κ1) is 38.9. The van der Waals surface area contributed by atoms with Crippen molar-refractivity contribution in [2.45, 2.75) is 188 Å². The Morgan fingerprint density at radius 2 is 0.825 bits per heavy atom. The molecule has 0 radical (unpaired) electrons. The molecule has 0 amide bonds. The number of hydrogen-bond acceptors (Lipinski definition) is 5. The molecule has 0 bridgehead atoms. The van der Waals surface area contributed by atoms with Gasteiger partial charge in [-0.2, -0.15) is 0 Å². The Morgan fingerprint density at radius 3 is 1.18 bits per heavy atom. The van der Waals surface area contributed by atoms with Crippen molar-refractivity contribution in [1.29, 1.82) is 0 Å². The zero-order chi connectivity index (χ0) is 29.7. The van der Waals surface area contributed by atoms with Crippen LogP contribution in [-0.2, 0) is 19.1 Å². The summed E-state index contributed by atoms with van der Waals surface area (Å²) < 4.78 is 10.6. The lowest BCUT2D eigenvalue weighted by Crippen LogP contribution is -2.28. The van der Waals surface area contributed by atoms with Crippen molar-refractivity contribution in [2.24, 2.45) is 11.8 Å². The summed E-state index contributed by atoms with van der Waals surface area (Å²) in [6.07, 6.45) is 27.3. The van der Waals surface area contributed by atoms with Gasteiger partial charge in [0.05, 0.1) is 6.61 Å². The van der Waals surface area contributed by atoms with Crippen LogP contribution in [0, 0.1) is 11.8 Å². The summed E-state index contributed by atoms with van der Waals surface area (Å²) in [5.41, 5.74) is 0. The van der Waals surface area contributed by atoms with Gasteiger partial charge in [-0.3, -0.25) is 9.59 Å². The Morgan fingerprint density at radius 1 is 0.500 bits per heavy atom. The van der Waals surface area contributed by atoms with Crippen molar-refractivity contribution >= 4 is 11.9 Å². The number of ether oxygens (including phenoxy) is 2. The molecule has 0 rings (SSSR count). The molecule has 0 spiro atoms. The lowest BCUT2D eigenvalue weighted by atomic mass is 10.0. The summed E-state index contributed by atoms with van der Waals surface area (Å²) in [6, 6.07) is 0. The van der Waals surface area contributed by atoms with Gasteiger partial charge in [0.2, 0.25) is 0 Å². The number of carbonyl (C=O) groups excluding carboxylic acids is 2. The van der Waals surface area contributed by atoms with Gasteiger partial charge in [-0.15, -0.1) is 0 Å².